The molecule has 6 nitrogen and oxygen atoms in total. The zero-order valence-corrected chi connectivity index (χ0v) is 16.5. The summed E-state index contributed by atoms with van der Waals surface area (Å²) in [7, 11) is 0. The Morgan fingerprint density at radius 3 is 2.82 bits per heavy atom. The summed E-state index contributed by atoms with van der Waals surface area (Å²) < 4.78 is 1.63. The highest BCUT2D eigenvalue weighted by atomic mass is 32.1. The monoisotopic (exact) mass is 391 g/mol. The number of benzene rings is 1. The van der Waals surface area contributed by atoms with Gasteiger partial charge in [-0.2, -0.15) is 14.6 Å². The number of fused-ring (bicyclic) bond motifs is 2. The first-order valence-corrected chi connectivity index (χ1v) is 10.5. The number of hydrogen-bond acceptors (Lipinski definition) is 6. The molecule has 0 saturated heterocycles. The first-order chi connectivity index (χ1) is 13.6. The van der Waals surface area contributed by atoms with Gasteiger partial charge in [0.2, 0.25) is 4.96 Å². The summed E-state index contributed by atoms with van der Waals surface area (Å²) in [6.45, 7) is 1.94. The van der Waals surface area contributed by atoms with E-state index in [1.165, 1.54) is 30.6 Å². The third-order valence-corrected chi connectivity index (χ3v) is 6.69. The van der Waals surface area contributed by atoms with Crippen molar-refractivity contribution in [2.24, 2.45) is 4.99 Å². The SMILES string of the molecule is CC1=Nc2ccccc2C1=Cc1c(N)n2nc(C3CCCCC3)sc2nc1=O. The van der Waals surface area contributed by atoms with Gasteiger partial charge in [0.1, 0.15) is 10.8 Å². The van der Waals surface area contributed by atoms with Gasteiger partial charge in [-0.25, -0.2) is 0 Å². The molecular weight excluding hydrogens is 370 g/mol. The normalized spacial score (nSPS) is 18.6. The lowest BCUT2D eigenvalue weighted by molar-refractivity contribution is 0.440. The van der Waals surface area contributed by atoms with Gasteiger partial charge in [-0.15, -0.1) is 0 Å². The number of para-hydroxylation sites is 1. The average molecular weight is 392 g/mol. The second-order valence-electron chi connectivity index (χ2n) is 7.46. The Kier molecular flexibility index (Phi) is 4.12. The number of allylic oxidation sites excluding steroid dienone is 1. The van der Waals surface area contributed by atoms with Crippen LogP contribution in [-0.4, -0.2) is 20.3 Å². The van der Waals surface area contributed by atoms with Crippen LogP contribution in [-0.2, 0) is 0 Å². The smallest absolute Gasteiger partial charge is 0.283 e. The van der Waals surface area contributed by atoms with Gasteiger partial charge in [0.15, 0.2) is 0 Å². The molecule has 0 atom stereocenters. The Morgan fingerprint density at radius 2 is 2.00 bits per heavy atom. The van der Waals surface area contributed by atoms with E-state index < -0.39 is 0 Å². The van der Waals surface area contributed by atoms with Crippen molar-refractivity contribution >= 4 is 45.2 Å². The number of aromatic nitrogens is 3. The van der Waals surface area contributed by atoms with Crippen LogP contribution in [0.4, 0.5) is 11.5 Å². The first kappa shape index (κ1) is 17.3. The highest BCUT2D eigenvalue weighted by Gasteiger charge is 2.23. The van der Waals surface area contributed by atoms with Crippen molar-refractivity contribution in [1.82, 2.24) is 14.6 Å². The van der Waals surface area contributed by atoms with Gasteiger partial charge in [0.05, 0.1) is 11.3 Å². The van der Waals surface area contributed by atoms with Crippen LogP contribution in [0.2, 0.25) is 0 Å². The topological polar surface area (TPSA) is 85.6 Å². The Hall–Kier alpha value is -2.80. The summed E-state index contributed by atoms with van der Waals surface area (Å²) in [5, 5.41) is 5.76. The molecule has 1 aliphatic carbocycles. The van der Waals surface area contributed by atoms with Crippen LogP contribution >= 0.6 is 11.3 Å². The molecule has 142 valence electrons. The molecule has 1 saturated carbocycles. The molecule has 0 amide bonds. The number of anilines is 1. The van der Waals surface area contributed by atoms with Gasteiger partial charge in [-0.3, -0.25) is 9.79 Å². The van der Waals surface area contributed by atoms with Gasteiger partial charge < -0.3 is 5.73 Å². The Bertz CT molecular complexity index is 1200. The standard InChI is InChI=1S/C21H21N5OS/c1-12-15(14-9-5-6-10-17(14)23-12)11-16-18(22)26-21(24-19(16)27)28-20(25-26)13-7-3-2-4-8-13/h5-6,9-11,13H,2-4,7-8,22H2,1H3. The number of hydrogen-bond donors (Lipinski definition) is 1. The maximum Gasteiger partial charge on any atom is 0.283 e. The minimum Gasteiger partial charge on any atom is -0.383 e. The first-order valence-electron chi connectivity index (χ1n) is 9.68. The van der Waals surface area contributed by atoms with Gasteiger partial charge >= 0.3 is 0 Å². The molecular formula is C21H21N5OS. The molecule has 5 rings (SSSR count). The van der Waals surface area contributed by atoms with Crippen molar-refractivity contribution in [3.05, 3.63) is 50.8 Å². The van der Waals surface area contributed by atoms with E-state index in [1.807, 2.05) is 31.2 Å². The maximum atomic E-state index is 12.7. The molecule has 3 heterocycles. The number of aliphatic imine (C=N–C) groups is 1. The van der Waals surface area contributed by atoms with Crippen LogP contribution in [0.5, 0.6) is 0 Å². The maximum absolute atomic E-state index is 12.7. The Labute approximate surface area is 166 Å². The van der Waals surface area contributed by atoms with Crippen LogP contribution < -0.4 is 11.3 Å². The fourth-order valence-corrected chi connectivity index (χ4v) is 5.17. The van der Waals surface area contributed by atoms with E-state index in [9.17, 15) is 4.79 Å². The number of nitrogens with two attached hydrogens (primary N) is 1. The molecule has 3 aromatic rings. The van der Waals surface area contributed by atoms with E-state index in [0.29, 0.717) is 22.3 Å². The lowest BCUT2D eigenvalue weighted by atomic mass is 9.90. The molecule has 2 aliphatic rings. The summed E-state index contributed by atoms with van der Waals surface area (Å²) in [6, 6.07) is 7.89. The fourth-order valence-electron chi connectivity index (χ4n) is 4.11. The van der Waals surface area contributed by atoms with Gasteiger partial charge in [0, 0.05) is 22.8 Å². The molecule has 1 fully saturated rings. The predicted octanol–water partition coefficient (Wildman–Crippen LogP) is 4.43. The van der Waals surface area contributed by atoms with E-state index in [0.717, 1.165) is 40.4 Å². The largest absolute Gasteiger partial charge is 0.383 e. The molecule has 28 heavy (non-hydrogen) atoms. The van der Waals surface area contributed by atoms with Crippen LogP contribution in [0.3, 0.4) is 0 Å². The zero-order chi connectivity index (χ0) is 19.3. The summed E-state index contributed by atoms with van der Waals surface area (Å²) in [4.78, 5) is 22.2. The van der Waals surface area contributed by atoms with Crippen LogP contribution in [0, 0.1) is 0 Å². The van der Waals surface area contributed by atoms with E-state index >= 15 is 0 Å². The van der Waals surface area contributed by atoms with Crippen LogP contribution in [0.25, 0.3) is 16.6 Å². The lowest BCUT2D eigenvalue weighted by Gasteiger charge is -2.18. The average Bonchev–Trinajstić information content (AvgIpc) is 3.27. The molecule has 7 heteroatoms. The van der Waals surface area contributed by atoms with E-state index in [-0.39, 0.29) is 5.56 Å². The third kappa shape index (κ3) is 2.77. The molecule has 2 N–H and O–H groups in total. The lowest BCUT2D eigenvalue weighted by Crippen LogP contribution is -2.17. The van der Waals surface area contributed by atoms with Crippen molar-refractivity contribution in [2.45, 2.75) is 44.9 Å². The highest BCUT2D eigenvalue weighted by Crippen LogP contribution is 2.37. The molecule has 1 aliphatic heterocycles. The fraction of sp³-hybridized carbons (Fsp3) is 0.333. The Balaban J connectivity index is 1.63. The molecule has 0 spiro atoms. The third-order valence-electron chi connectivity index (χ3n) is 5.62. The summed E-state index contributed by atoms with van der Waals surface area (Å²) in [5.74, 6) is 0.797. The predicted molar refractivity (Wildman–Crippen MR) is 114 cm³/mol. The van der Waals surface area contributed by atoms with Gasteiger partial charge in [-0.1, -0.05) is 48.8 Å². The molecule has 0 bridgehead atoms. The number of nitrogen functional groups attached to an aromatic ring is 1. The highest BCUT2D eigenvalue weighted by molar-refractivity contribution is 7.16. The summed E-state index contributed by atoms with van der Waals surface area (Å²) in [6.07, 6.45) is 7.86. The summed E-state index contributed by atoms with van der Waals surface area (Å²) in [5.41, 5.74) is 10.1. The van der Waals surface area contributed by atoms with E-state index in [4.69, 9.17) is 10.8 Å². The molecule has 0 unspecified atom stereocenters. The van der Waals surface area contributed by atoms with Crippen molar-refractivity contribution in [2.75, 3.05) is 5.73 Å². The van der Waals surface area contributed by atoms with Gasteiger partial charge in [0.25, 0.3) is 5.56 Å². The van der Waals surface area contributed by atoms with Crippen LogP contribution in [0.1, 0.15) is 61.1 Å². The van der Waals surface area contributed by atoms with E-state index in [2.05, 4.69) is 9.98 Å². The van der Waals surface area contributed by atoms with Crippen molar-refractivity contribution in [1.29, 1.82) is 0 Å². The number of nitrogens with zero attached hydrogens (tertiary/aromatic N) is 4. The van der Waals surface area contributed by atoms with E-state index in [1.54, 1.807) is 10.6 Å². The minimum atomic E-state index is -0.318. The molecule has 1 aromatic carbocycles. The zero-order valence-electron chi connectivity index (χ0n) is 15.7. The summed E-state index contributed by atoms with van der Waals surface area (Å²) >= 11 is 1.49. The minimum absolute atomic E-state index is 0.318. The van der Waals surface area contributed by atoms with Gasteiger partial charge in [-0.05, 0) is 31.9 Å². The van der Waals surface area contributed by atoms with Crippen molar-refractivity contribution in [3.63, 3.8) is 0 Å². The Morgan fingerprint density at radius 1 is 1.21 bits per heavy atom. The second-order valence-corrected chi connectivity index (χ2v) is 8.45. The van der Waals surface area contributed by atoms with Crippen LogP contribution in [0.15, 0.2) is 34.1 Å². The van der Waals surface area contributed by atoms with Crippen molar-refractivity contribution < 1.29 is 0 Å². The molecule has 2 aromatic heterocycles. The molecule has 0 radical (unpaired) electrons. The second kappa shape index (κ2) is 6.67. The van der Waals surface area contributed by atoms with Crippen molar-refractivity contribution in [3.8, 4) is 0 Å². The number of rotatable bonds is 2. The quantitative estimate of drug-likeness (QED) is 0.700.